The van der Waals surface area contributed by atoms with E-state index in [1.54, 1.807) is 21.5 Å². The molecule has 3 aromatic heterocycles. The van der Waals surface area contributed by atoms with Crippen molar-refractivity contribution in [1.82, 2.24) is 24.5 Å². The molecule has 1 aromatic carbocycles. The van der Waals surface area contributed by atoms with Gasteiger partial charge in [-0.2, -0.15) is 10.4 Å². The fourth-order valence-corrected chi connectivity index (χ4v) is 4.40. The van der Waals surface area contributed by atoms with Crippen LogP contribution in [0.4, 0.5) is 5.82 Å². The average Bonchev–Trinajstić information content (AvgIpc) is 3.16. The van der Waals surface area contributed by atoms with Crippen LogP contribution in [0.5, 0.6) is 0 Å². The lowest BCUT2D eigenvalue weighted by Gasteiger charge is -2.33. The van der Waals surface area contributed by atoms with E-state index in [4.69, 9.17) is 4.98 Å². The summed E-state index contributed by atoms with van der Waals surface area (Å²) in [5, 5.41) is 19.7. The molecule has 1 fully saturated rings. The van der Waals surface area contributed by atoms with Crippen LogP contribution in [-0.2, 0) is 0 Å². The van der Waals surface area contributed by atoms with Gasteiger partial charge in [-0.15, -0.1) is 5.10 Å². The van der Waals surface area contributed by atoms with Crippen LogP contribution in [0.2, 0.25) is 0 Å². The molecule has 32 heavy (non-hydrogen) atoms. The molecule has 1 saturated heterocycles. The van der Waals surface area contributed by atoms with Gasteiger partial charge in [0.2, 0.25) is 0 Å². The van der Waals surface area contributed by atoms with Crippen LogP contribution in [0, 0.1) is 25.2 Å². The monoisotopic (exact) mass is 425 g/mol. The molecule has 0 spiro atoms. The lowest BCUT2D eigenvalue weighted by Crippen LogP contribution is -2.39. The lowest BCUT2D eigenvalue weighted by atomic mass is 10.0. The van der Waals surface area contributed by atoms with Crippen LogP contribution >= 0.6 is 0 Å². The van der Waals surface area contributed by atoms with Crippen LogP contribution in [0.25, 0.3) is 16.7 Å². The number of para-hydroxylation sites is 1. The van der Waals surface area contributed by atoms with Crippen LogP contribution < -0.4 is 10.5 Å². The molecule has 5 rings (SSSR count). The van der Waals surface area contributed by atoms with E-state index < -0.39 is 0 Å². The van der Waals surface area contributed by atoms with Gasteiger partial charge in [-0.3, -0.25) is 4.79 Å². The predicted octanol–water partition coefficient (Wildman–Crippen LogP) is 3.31. The summed E-state index contributed by atoms with van der Waals surface area (Å²) < 4.78 is 3.35. The molecule has 0 unspecified atom stereocenters. The Labute approximate surface area is 185 Å². The Morgan fingerprint density at radius 1 is 1.03 bits per heavy atom. The number of nitriles is 1. The van der Waals surface area contributed by atoms with E-state index in [1.165, 1.54) is 0 Å². The summed E-state index contributed by atoms with van der Waals surface area (Å²) in [4.78, 5) is 19.5. The molecule has 0 atom stereocenters. The molecule has 160 valence electrons. The minimum atomic E-state index is -0.115. The molecular formula is C24H23N7O. The van der Waals surface area contributed by atoms with Crippen molar-refractivity contribution in [3.63, 3.8) is 0 Å². The minimum absolute atomic E-state index is 0.0124. The number of aryl methyl sites for hydroxylation is 2. The smallest absolute Gasteiger partial charge is 0.267 e. The predicted molar refractivity (Wildman–Crippen MR) is 122 cm³/mol. The summed E-state index contributed by atoms with van der Waals surface area (Å²) in [5.74, 6) is 1.35. The molecule has 0 aliphatic carbocycles. The third-order valence-electron chi connectivity index (χ3n) is 5.97. The second-order valence-electron chi connectivity index (χ2n) is 8.20. The zero-order valence-electron chi connectivity index (χ0n) is 18.1. The highest BCUT2D eigenvalue weighted by molar-refractivity contribution is 5.83. The number of pyridine rings is 1. The standard InChI is InChI=1S/C24H23N7O/c1-16-13-17(2)30(27-16)22-7-8-23(32)31(28-22)20-9-11-29(12-10-20)24-19(15-25)14-18-5-3-4-6-21(18)26-24/h3-8,13-14,20H,9-12H2,1-2H3. The Bertz CT molecular complexity index is 1400. The first kappa shape index (κ1) is 19.9. The first-order valence-corrected chi connectivity index (χ1v) is 10.7. The van der Waals surface area contributed by atoms with E-state index in [0.717, 1.165) is 35.1 Å². The van der Waals surface area contributed by atoms with Gasteiger partial charge in [0, 0.05) is 30.2 Å². The first-order chi connectivity index (χ1) is 15.5. The molecule has 8 nitrogen and oxygen atoms in total. The summed E-state index contributed by atoms with van der Waals surface area (Å²) >= 11 is 0. The number of nitrogens with zero attached hydrogens (tertiary/aromatic N) is 7. The third-order valence-corrected chi connectivity index (χ3v) is 5.97. The number of fused-ring (bicyclic) bond motifs is 1. The number of rotatable bonds is 3. The zero-order chi connectivity index (χ0) is 22.2. The van der Waals surface area contributed by atoms with Crippen molar-refractivity contribution in [3.05, 3.63) is 75.8 Å². The zero-order valence-corrected chi connectivity index (χ0v) is 18.1. The van der Waals surface area contributed by atoms with Gasteiger partial charge in [0.1, 0.15) is 11.9 Å². The molecule has 0 N–H and O–H groups in total. The van der Waals surface area contributed by atoms with Crippen LogP contribution in [0.15, 0.2) is 53.3 Å². The van der Waals surface area contributed by atoms with Gasteiger partial charge in [-0.1, -0.05) is 18.2 Å². The molecule has 0 radical (unpaired) electrons. The van der Waals surface area contributed by atoms with E-state index in [2.05, 4.69) is 21.2 Å². The Kier molecular flexibility index (Phi) is 4.94. The van der Waals surface area contributed by atoms with Gasteiger partial charge in [0.15, 0.2) is 5.82 Å². The topological polar surface area (TPSA) is 92.6 Å². The van der Waals surface area contributed by atoms with E-state index in [-0.39, 0.29) is 11.6 Å². The number of hydrogen-bond acceptors (Lipinski definition) is 6. The largest absolute Gasteiger partial charge is 0.355 e. The van der Waals surface area contributed by atoms with Crippen LogP contribution in [-0.4, -0.2) is 37.6 Å². The molecule has 4 aromatic rings. The fourth-order valence-electron chi connectivity index (χ4n) is 4.40. The second-order valence-corrected chi connectivity index (χ2v) is 8.20. The van der Waals surface area contributed by atoms with Crippen molar-refractivity contribution in [1.29, 1.82) is 5.26 Å². The summed E-state index contributed by atoms with van der Waals surface area (Å²) in [6, 6.07) is 17.3. The van der Waals surface area contributed by atoms with Gasteiger partial charge in [-0.05, 0) is 51.0 Å². The summed E-state index contributed by atoms with van der Waals surface area (Å²) in [5.41, 5.74) is 3.21. The maximum Gasteiger partial charge on any atom is 0.267 e. The first-order valence-electron chi connectivity index (χ1n) is 10.7. The van der Waals surface area contributed by atoms with E-state index in [0.29, 0.717) is 30.3 Å². The fraction of sp³-hybridized carbons (Fsp3) is 0.292. The van der Waals surface area contributed by atoms with E-state index in [9.17, 15) is 10.1 Å². The molecular weight excluding hydrogens is 402 g/mol. The van der Waals surface area contributed by atoms with Crippen molar-refractivity contribution in [2.24, 2.45) is 0 Å². The second kappa shape index (κ2) is 7.93. The number of hydrogen-bond donors (Lipinski definition) is 0. The van der Waals surface area contributed by atoms with Crippen molar-refractivity contribution < 1.29 is 0 Å². The lowest BCUT2D eigenvalue weighted by molar-refractivity contribution is 0.350. The molecule has 1 aliphatic rings. The van der Waals surface area contributed by atoms with Crippen LogP contribution in [0.1, 0.15) is 35.8 Å². The quantitative estimate of drug-likeness (QED) is 0.500. The summed E-state index contributed by atoms with van der Waals surface area (Å²) in [6.45, 7) is 5.30. The summed E-state index contributed by atoms with van der Waals surface area (Å²) in [7, 11) is 0. The van der Waals surface area contributed by atoms with Gasteiger partial charge >= 0.3 is 0 Å². The Morgan fingerprint density at radius 3 is 2.53 bits per heavy atom. The highest BCUT2D eigenvalue weighted by Crippen LogP contribution is 2.28. The van der Waals surface area contributed by atoms with Crippen molar-refractivity contribution in [2.45, 2.75) is 32.7 Å². The molecule has 0 bridgehead atoms. The molecule has 0 saturated carbocycles. The highest BCUT2D eigenvalue weighted by atomic mass is 16.1. The van der Waals surface area contributed by atoms with Gasteiger partial charge in [0.25, 0.3) is 5.56 Å². The number of piperidine rings is 1. The molecule has 1 aliphatic heterocycles. The number of anilines is 1. The van der Waals surface area contributed by atoms with E-state index >= 15 is 0 Å². The normalized spacial score (nSPS) is 14.6. The van der Waals surface area contributed by atoms with Gasteiger partial charge in [0.05, 0.1) is 22.8 Å². The van der Waals surface area contributed by atoms with Gasteiger partial charge < -0.3 is 4.90 Å². The number of aromatic nitrogens is 5. The third kappa shape index (κ3) is 3.52. The van der Waals surface area contributed by atoms with E-state index in [1.807, 2.05) is 50.2 Å². The van der Waals surface area contributed by atoms with Crippen LogP contribution in [0.3, 0.4) is 0 Å². The average molecular weight is 425 g/mol. The Morgan fingerprint density at radius 2 is 1.81 bits per heavy atom. The number of benzene rings is 1. The van der Waals surface area contributed by atoms with Crippen molar-refractivity contribution >= 4 is 16.7 Å². The maximum atomic E-state index is 12.6. The summed E-state index contributed by atoms with van der Waals surface area (Å²) in [6.07, 6.45) is 1.49. The minimum Gasteiger partial charge on any atom is -0.355 e. The molecule has 0 amide bonds. The van der Waals surface area contributed by atoms with Gasteiger partial charge in [-0.25, -0.2) is 14.3 Å². The molecule has 8 heteroatoms. The van der Waals surface area contributed by atoms with Crippen molar-refractivity contribution in [3.8, 4) is 11.9 Å². The Hall–Kier alpha value is -3.99. The van der Waals surface area contributed by atoms with Crippen molar-refractivity contribution in [2.75, 3.05) is 18.0 Å². The highest BCUT2D eigenvalue weighted by Gasteiger charge is 2.25. The SMILES string of the molecule is Cc1cc(C)n(-c2ccc(=O)n(C3CCN(c4nc5ccccc5cc4C#N)CC3)n2)n1. The Balaban J connectivity index is 1.40. The molecule has 4 heterocycles. The maximum absolute atomic E-state index is 12.6.